The molecule has 0 aliphatic rings. The van der Waals surface area contributed by atoms with Crippen LogP contribution in [0, 0.1) is 0 Å². The molecule has 1 heterocycles. The first kappa shape index (κ1) is 13.3. The third kappa shape index (κ3) is 4.37. The average Bonchev–Trinajstić information content (AvgIpc) is 2.65. The minimum absolute atomic E-state index is 0.600. The van der Waals surface area contributed by atoms with E-state index < -0.39 is 5.60 Å². The average molecular weight is 225 g/mol. The summed E-state index contributed by atoms with van der Waals surface area (Å²) in [5.41, 5.74) is -0.616. The van der Waals surface area contributed by atoms with E-state index in [4.69, 9.17) is 4.42 Å². The largest absolute Gasteiger partial charge is 0.465 e. The third-order valence-electron chi connectivity index (χ3n) is 2.66. The van der Waals surface area contributed by atoms with Crippen LogP contribution in [-0.2, 0) is 13.0 Å². The summed E-state index contributed by atoms with van der Waals surface area (Å²) in [6.07, 6.45) is 2.74. The molecule has 0 spiro atoms. The number of nitrogens with one attached hydrogen (secondary N) is 1. The molecule has 0 bridgehead atoms. The normalized spacial score (nSPS) is 15.0. The second-order valence-corrected chi connectivity index (χ2v) is 4.57. The topological polar surface area (TPSA) is 45.4 Å². The van der Waals surface area contributed by atoms with Crippen molar-refractivity contribution in [2.24, 2.45) is 0 Å². The van der Waals surface area contributed by atoms with Crippen molar-refractivity contribution < 1.29 is 9.52 Å². The van der Waals surface area contributed by atoms with Gasteiger partial charge in [-0.2, -0.15) is 0 Å². The zero-order valence-electron chi connectivity index (χ0n) is 10.5. The second-order valence-electron chi connectivity index (χ2n) is 4.57. The van der Waals surface area contributed by atoms with Crippen LogP contribution in [0.3, 0.4) is 0 Å². The predicted octanol–water partition coefficient (Wildman–Crippen LogP) is 2.48. The Morgan fingerprint density at radius 3 is 2.56 bits per heavy atom. The van der Waals surface area contributed by atoms with Gasteiger partial charge in [0.1, 0.15) is 11.5 Å². The standard InChI is InChI=1S/C13H23NO2/c1-4-8-13(3,15)10-14-9-12-7-6-11(5-2)16-12/h6-7,14-15H,4-5,8-10H2,1-3H3. The summed E-state index contributed by atoms with van der Waals surface area (Å²) in [7, 11) is 0. The molecule has 92 valence electrons. The lowest BCUT2D eigenvalue weighted by Crippen LogP contribution is -2.37. The minimum atomic E-state index is -0.616. The van der Waals surface area contributed by atoms with E-state index in [-0.39, 0.29) is 0 Å². The quantitative estimate of drug-likeness (QED) is 0.749. The summed E-state index contributed by atoms with van der Waals surface area (Å²) in [4.78, 5) is 0. The highest BCUT2D eigenvalue weighted by Gasteiger charge is 2.18. The van der Waals surface area contributed by atoms with Crippen LogP contribution in [0.4, 0.5) is 0 Å². The Kier molecular flexibility index (Phi) is 5.03. The Morgan fingerprint density at radius 2 is 2.00 bits per heavy atom. The molecule has 2 N–H and O–H groups in total. The van der Waals surface area contributed by atoms with E-state index in [2.05, 4.69) is 19.2 Å². The molecule has 0 saturated carbocycles. The van der Waals surface area contributed by atoms with Crippen molar-refractivity contribution in [3.63, 3.8) is 0 Å². The maximum Gasteiger partial charge on any atom is 0.117 e. The van der Waals surface area contributed by atoms with Gasteiger partial charge in [-0.25, -0.2) is 0 Å². The Labute approximate surface area is 97.9 Å². The van der Waals surface area contributed by atoms with Crippen molar-refractivity contribution in [1.29, 1.82) is 0 Å². The smallest absolute Gasteiger partial charge is 0.117 e. The molecule has 1 aromatic heterocycles. The second kappa shape index (κ2) is 6.06. The fourth-order valence-electron chi connectivity index (χ4n) is 1.79. The molecule has 1 rings (SSSR count). The van der Waals surface area contributed by atoms with Crippen LogP contribution in [0.2, 0.25) is 0 Å². The van der Waals surface area contributed by atoms with Crippen molar-refractivity contribution in [3.8, 4) is 0 Å². The summed E-state index contributed by atoms with van der Waals surface area (Å²) in [6, 6.07) is 3.99. The minimum Gasteiger partial charge on any atom is -0.465 e. The lowest BCUT2D eigenvalue weighted by Gasteiger charge is -2.22. The maximum atomic E-state index is 9.95. The van der Waals surface area contributed by atoms with Crippen LogP contribution in [0.1, 0.15) is 45.1 Å². The van der Waals surface area contributed by atoms with Crippen LogP contribution in [-0.4, -0.2) is 17.3 Å². The fraction of sp³-hybridized carbons (Fsp3) is 0.692. The van der Waals surface area contributed by atoms with Crippen LogP contribution >= 0.6 is 0 Å². The number of rotatable bonds is 7. The van der Waals surface area contributed by atoms with Gasteiger partial charge in [0.05, 0.1) is 12.1 Å². The zero-order valence-corrected chi connectivity index (χ0v) is 10.5. The van der Waals surface area contributed by atoms with E-state index in [1.54, 1.807) is 0 Å². The fourth-order valence-corrected chi connectivity index (χ4v) is 1.79. The van der Waals surface area contributed by atoms with Crippen LogP contribution in [0.15, 0.2) is 16.5 Å². The van der Waals surface area contributed by atoms with E-state index in [0.29, 0.717) is 13.1 Å². The van der Waals surface area contributed by atoms with Gasteiger partial charge in [0.15, 0.2) is 0 Å². The Balaban J connectivity index is 2.29. The van der Waals surface area contributed by atoms with Crippen molar-refractivity contribution in [2.45, 2.75) is 52.2 Å². The number of hydrogen-bond donors (Lipinski definition) is 2. The summed E-state index contributed by atoms with van der Waals surface area (Å²) in [5.74, 6) is 1.95. The zero-order chi connectivity index (χ0) is 12.0. The number of hydrogen-bond acceptors (Lipinski definition) is 3. The van der Waals surface area contributed by atoms with Gasteiger partial charge in [0.25, 0.3) is 0 Å². The molecule has 1 atom stereocenters. The molecule has 1 aromatic rings. The highest BCUT2D eigenvalue weighted by atomic mass is 16.3. The van der Waals surface area contributed by atoms with Crippen molar-refractivity contribution in [3.05, 3.63) is 23.7 Å². The maximum absolute atomic E-state index is 9.95. The van der Waals surface area contributed by atoms with Crippen molar-refractivity contribution >= 4 is 0 Å². The summed E-state index contributed by atoms with van der Waals surface area (Å²) < 4.78 is 5.56. The van der Waals surface area contributed by atoms with Crippen LogP contribution in [0.5, 0.6) is 0 Å². The van der Waals surface area contributed by atoms with Gasteiger partial charge in [-0.05, 0) is 25.5 Å². The first-order chi connectivity index (χ1) is 7.57. The molecule has 1 unspecified atom stereocenters. The highest BCUT2D eigenvalue weighted by molar-refractivity contribution is 5.06. The van der Waals surface area contributed by atoms with Crippen LogP contribution in [0.25, 0.3) is 0 Å². The molecule has 0 aliphatic carbocycles. The highest BCUT2D eigenvalue weighted by Crippen LogP contribution is 2.11. The molecule has 0 aromatic carbocycles. The van der Waals surface area contributed by atoms with Crippen LogP contribution < -0.4 is 5.32 Å². The lowest BCUT2D eigenvalue weighted by molar-refractivity contribution is 0.0494. The van der Waals surface area contributed by atoms with E-state index in [1.807, 2.05) is 19.1 Å². The lowest BCUT2D eigenvalue weighted by atomic mass is 10.0. The van der Waals surface area contributed by atoms with Gasteiger partial charge in [0.2, 0.25) is 0 Å². The van der Waals surface area contributed by atoms with Gasteiger partial charge in [-0.3, -0.25) is 0 Å². The molecule has 0 aliphatic heterocycles. The predicted molar refractivity (Wildman–Crippen MR) is 65.3 cm³/mol. The summed E-state index contributed by atoms with van der Waals surface area (Å²) in [6.45, 7) is 7.29. The van der Waals surface area contributed by atoms with Gasteiger partial charge in [-0.1, -0.05) is 20.3 Å². The molecule has 0 amide bonds. The Bertz CT molecular complexity index is 305. The molecular weight excluding hydrogens is 202 g/mol. The Hall–Kier alpha value is -0.800. The molecule has 16 heavy (non-hydrogen) atoms. The van der Waals surface area contributed by atoms with Gasteiger partial charge >= 0.3 is 0 Å². The van der Waals surface area contributed by atoms with E-state index in [9.17, 15) is 5.11 Å². The Morgan fingerprint density at radius 1 is 1.31 bits per heavy atom. The van der Waals surface area contributed by atoms with Gasteiger partial charge in [-0.15, -0.1) is 0 Å². The summed E-state index contributed by atoms with van der Waals surface area (Å²) in [5, 5.41) is 13.2. The monoisotopic (exact) mass is 225 g/mol. The number of aryl methyl sites for hydroxylation is 1. The SMILES string of the molecule is CCCC(C)(O)CNCc1ccc(CC)o1. The molecule has 0 fully saturated rings. The first-order valence-electron chi connectivity index (χ1n) is 6.08. The molecule has 3 nitrogen and oxygen atoms in total. The summed E-state index contributed by atoms with van der Waals surface area (Å²) >= 11 is 0. The third-order valence-corrected chi connectivity index (χ3v) is 2.66. The van der Waals surface area contributed by atoms with Crippen molar-refractivity contribution in [2.75, 3.05) is 6.54 Å². The first-order valence-corrected chi connectivity index (χ1v) is 6.08. The van der Waals surface area contributed by atoms with E-state index in [0.717, 1.165) is 30.8 Å². The molecule has 3 heteroatoms. The molecule has 0 radical (unpaired) electrons. The van der Waals surface area contributed by atoms with Gasteiger partial charge in [0, 0.05) is 13.0 Å². The number of aliphatic hydroxyl groups is 1. The van der Waals surface area contributed by atoms with E-state index >= 15 is 0 Å². The van der Waals surface area contributed by atoms with Crippen molar-refractivity contribution in [1.82, 2.24) is 5.32 Å². The molecular formula is C13H23NO2. The molecule has 0 saturated heterocycles. The van der Waals surface area contributed by atoms with E-state index in [1.165, 1.54) is 0 Å². The van der Waals surface area contributed by atoms with Gasteiger partial charge < -0.3 is 14.8 Å². The number of furan rings is 1.